The van der Waals surface area contributed by atoms with Crippen LogP contribution in [0.1, 0.15) is 100 Å². The number of allylic oxidation sites excluding steroid dienone is 2. The zero-order chi connectivity index (χ0) is 29.6. The maximum atomic E-state index is 9.15. The van der Waals surface area contributed by atoms with Crippen LogP contribution >= 0.6 is 0 Å². The van der Waals surface area contributed by atoms with Crippen LogP contribution < -0.4 is 0 Å². The van der Waals surface area contributed by atoms with E-state index < -0.39 is 16.6 Å². The zero-order valence-corrected chi connectivity index (χ0v) is 29.6. The summed E-state index contributed by atoms with van der Waals surface area (Å²) in [6.07, 6.45) is 15.3. The largest absolute Gasteiger partial charge is 0.413 e. The summed E-state index contributed by atoms with van der Waals surface area (Å²) in [4.78, 5) is 0. The van der Waals surface area contributed by atoms with Crippen molar-refractivity contribution in [3.63, 3.8) is 0 Å². The van der Waals surface area contributed by atoms with Crippen LogP contribution in [0, 0.1) is 35.5 Å². The summed E-state index contributed by atoms with van der Waals surface area (Å²) >= 11 is 0. The van der Waals surface area contributed by atoms with Gasteiger partial charge in [0.05, 0.1) is 12.2 Å². The first kappa shape index (κ1) is 34.6. The molecule has 3 nitrogen and oxygen atoms in total. The fraction of sp³-hybridized carbons (Fsp3) is 0.824. The number of aliphatic hydroxyl groups is 1. The highest BCUT2D eigenvalue weighted by Crippen LogP contribution is 2.53. The molecule has 0 spiro atoms. The molecule has 2 saturated carbocycles. The Bertz CT molecular complexity index is 894. The molecule has 2 aliphatic rings. The summed E-state index contributed by atoms with van der Waals surface area (Å²) in [6.45, 7) is 28.1. The number of fused-ring (bicyclic) bond motifs is 1. The molecule has 224 valence electrons. The first-order chi connectivity index (χ1) is 17.9. The van der Waals surface area contributed by atoms with E-state index in [4.69, 9.17) is 14.0 Å². The van der Waals surface area contributed by atoms with E-state index in [1.807, 2.05) is 6.92 Å². The Hall–Kier alpha value is -0.646. The summed E-state index contributed by atoms with van der Waals surface area (Å²) in [5.41, 5.74) is 1.63. The topological polar surface area (TPSA) is 38.7 Å². The van der Waals surface area contributed by atoms with Crippen LogP contribution in [0.5, 0.6) is 0 Å². The Morgan fingerprint density at radius 1 is 1.00 bits per heavy atom. The first-order valence-corrected chi connectivity index (χ1v) is 21.5. The van der Waals surface area contributed by atoms with Crippen molar-refractivity contribution in [3.8, 4) is 11.8 Å². The van der Waals surface area contributed by atoms with Gasteiger partial charge < -0.3 is 14.0 Å². The highest BCUT2D eigenvalue weighted by molar-refractivity contribution is 6.74. The van der Waals surface area contributed by atoms with Crippen molar-refractivity contribution in [2.75, 3.05) is 6.61 Å². The van der Waals surface area contributed by atoms with E-state index in [9.17, 15) is 0 Å². The second-order valence-corrected chi connectivity index (χ2v) is 25.0. The molecule has 5 heteroatoms. The molecular weight excluding hydrogens is 513 g/mol. The molecule has 0 aromatic rings. The fourth-order valence-electron chi connectivity index (χ4n) is 5.64. The Balaban J connectivity index is 2.36. The van der Waals surface area contributed by atoms with Gasteiger partial charge in [-0.05, 0) is 99.5 Å². The molecule has 0 aromatic heterocycles. The number of aliphatic hydroxyl groups excluding tert-OH is 1. The standard InChI is InChI=1S/C34H62O3Si2/c1-13-14-18-26(2)31(36-38(9,10)33(3,4)5)21-20-29-30-24-27(19-16-15-17-22-35)23-28(30)25-32(29)37-39(11,12)34(6,7)8/h19-21,26,28-32,35H,15-18,22-25H2,1-12H3/b21-20+,27-19+/t26-,28-,29+,30-,31+,32+/m0/s1. The predicted molar refractivity (Wildman–Crippen MR) is 174 cm³/mol. The van der Waals surface area contributed by atoms with Crippen LogP contribution in [-0.2, 0) is 8.85 Å². The maximum Gasteiger partial charge on any atom is 0.192 e. The van der Waals surface area contributed by atoms with Gasteiger partial charge in [-0.15, -0.1) is 11.8 Å². The van der Waals surface area contributed by atoms with Gasteiger partial charge in [0.25, 0.3) is 0 Å². The van der Waals surface area contributed by atoms with Crippen molar-refractivity contribution in [3.05, 3.63) is 23.8 Å². The number of hydrogen-bond donors (Lipinski definition) is 1. The lowest BCUT2D eigenvalue weighted by molar-refractivity contribution is 0.144. The van der Waals surface area contributed by atoms with E-state index in [1.54, 1.807) is 5.57 Å². The van der Waals surface area contributed by atoms with Crippen LogP contribution in [0.3, 0.4) is 0 Å². The molecule has 2 rings (SSSR count). The van der Waals surface area contributed by atoms with Gasteiger partial charge in [-0.25, -0.2) is 0 Å². The van der Waals surface area contributed by atoms with Gasteiger partial charge in [-0.3, -0.25) is 0 Å². The van der Waals surface area contributed by atoms with E-state index in [1.165, 1.54) is 19.3 Å². The Kier molecular flexibility index (Phi) is 12.4. The number of hydrogen-bond acceptors (Lipinski definition) is 3. The third-order valence-corrected chi connectivity index (χ3v) is 19.3. The first-order valence-electron chi connectivity index (χ1n) is 15.7. The van der Waals surface area contributed by atoms with Gasteiger partial charge >= 0.3 is 0 Å². The van der Waals surface area contributed by atoms with Crippen molar-refractivity contribution in [1.82, 2.24) is 0 Å². The van der Waals surface area contributed by atoms with Crippen molar-refractivity contribution in [2.24, 2.45) is 23.7 Å². The van der Waals surface area contributed by atoms with Crippen LogP contribution in [0.4, 0.5) is 0 Å². The summed E-state index contributed by atoms with van der Waals surface area (Å²) < 4.78 is 14.2. The van der Waals surface area contributed by atoms with E-state index in [0.29, 0.717) is 36.4 Å². The lowest BCUT2D eigenvalue weighted by Gasteiger charge is -2.41. The van der Waals surface area contributed by atoms with Crippen LogP contribution in [0.2, 0.25) is 36.3 Å². The van der Waals surface area contributed by atoms with Gasteiger partial charge in [0.1, 0.15) is 0 Å². The molecule has 6 atom stereocenters. The van der Waals surface area contributed by atoms with Crippen molar-refractivity contribution in [1.29, 1.82) is 0 Å². The SMILES string of the molecule is CC#CC[C@H](C)[C@@H](/C=C/[C@@H]1[C@H]2C/C(=C/CCCCO)C[C@H]2C[C@H]1O[Si](C)(C)C(C)(C)C)O[Si](C)(C)C(C)(C)C. The summed E-state index contributed by atoms with van der Waals surface area (Å²) in [5.74, 6) is 8.56. The van der Waals surface area contributed by atoms with Crippen LogP contribution in [-0.4, -0.2) is 40.6 Å². The maximum absolute atomic E-state index is 9.15. The average molecular weight is 575 g/mol. The molecule has 0 amide bonds. The summed E-state index contributed by atoms with van der Waals surface area (Å²) in [7, 11) is -3.82. The number of rotatable bonds is 12. The number of unbranched alkanes of at least 4 members (excludes halogenated alkanes) is 2. The van der Waals surface area contributed by atoms with Gasteiger partial charge in [-0.2, -0.15) is 0 Å². The Morgan fingerprint density at radius 3 is 2.21 bits per heavy atom. The quantitative estimate of drug-likeness (QED) is 0.109. The molecule has 1 N–H and O–H groups in total. The van der Waals surface area contributed by atoms with E-state index in [0.717, 1.165) is 25.7 Å². The van der Waals surface area contributed by atoms with E-state index in [-0.39, 0.29) is 16.2 Å². The zero-order valence-electron chi connectivity index (χ0n) is 27.6. The molecule has 0 aliphatic heterocycles. The molecule has 0 heterocycles. The van der Waals surface area contributed by atoms with Gasteiger partial charge in [0.2, 0.25) is 0 Å². The molecule has 0 aromatic carbocycles. The summed E-state index contributed by atoms with van der Waals surface area (Å²) in [5, 5.41) is 9.53. The van der Waals surface area contributed by atoms with Crippen molar-refractivity contribution < 1.29 is 14.0 Å². The molecule has 39 heavy (non-hydrogen) atoms. The third kappa shape index (κ3) is 9.43. The van der Waals surface area contributed by atoms with Gasteiger partial charge in [-0.1, -0.05) is 72.3 Å². The molecule has 2 fully saturated rings. The summed E-state index contributed by atoms with van der Waals surface area (Å²) in [6, 6.07) is 0. The molecular formula is C34H62O3Si2. The van der Waals surface area contributed by atoms with E-state index in [2.05, 4.69) is 105 Å². The van der Waals surface area contributed by atoms with Crippen molar-refractivity contribution >= 4 is 16.6 Å². The predicted octanol–water partition coefficient (Wildman–Crippen LogP) is 9.51. The minimum Gasteiger partial charge on any atom is -0.413 e. The van der Waals surface area contributed by atoms with E-state index >= 15 is 0 Å². The second kappa shape index (κ2) is 14.0. The molecule has 0 radical (unpaired) electrons. The van der Waals surface area contributed by atoms with Crippen LogP contribution in [0.15, 0.2) is 23.8 Å². The highest BCUT2D eigenvalue weighted by atomic mass is 28.4. The highest BCUT2D eigenvalue weighted by Gasteiger charge is 2.50. The van der Waals surface area contributed by atoms with Crippen LogP contribution in [0.25, 0.3) is 0 Å². The average Bonchev–Trinajstić information content (AvgIpc) is 3.33. The Morgan fingerprint density at radius 2 is 1.64 bits per heavy atom. The second-order valence-electron chi connectivity index (χ2n) is 15.5. The molecule has 0 bridgehead atoms. The third-order valence-electron chi connectivity index (χ3n) is 10.3. The smallest absolute Gasteiger partial charge is 0.192 e. The van der Waals surface area contributed by atoms with Gasteiger partial charge in [0.15, 0.2) is 16.6 Å². The lowest BCUT2D eigenvalue weighted by Crippen LogP contribution is -2.45. The lowest BCUT2D eigenvalue weighted by atomic mass is 9.89. The normalized spacial score (nSPS) is 27.1. The van der Waals surface area contributed by atoms with Gasteiger partial charge in [0, 0.05) is 18.9 Å². The Labute approximate surface area is 244 Å². The van der Waals surface area contributed by atoms with Crippen molar-refractivity contribution in [2.45, 2.75) is 149 Å². The fourth-order valence-corrected chi connectivity index (χ4v) is 8.35. The molecule has 0 saturated heterocycles. The molecule has 0 unspecified atom stereocenters. The minimum absolute atomic E-state index is 0.0780. The molecule has 2 aliphatic carbocycles. The minimum atomic E-state index is -1.94. The monoisotopic (exact) mass is 574 g/mol.